The summed E-state index contributed by atoms with van der Waals surface area (Å²) in [5.41, 5.74) is 4.72. The Morgan fingerprint density at radius 2 is 1.18 bits per heavy atom. The Morgan fingerprint density at radius 3 is 1.82 bits per heavy atom. The molecule has 1 aromatic rings. The van der Waals surface area contributed by atoms with Crippen LogP contribution in [0.1, 0.15) is 159 Å². The van der Waals surface area contributed by atoms with Gasteiger partial charge in [0, 0.05) is 0 Å². The summed E-state index contributed by atoms with van der Waals surface area (Å²) in [6.07, 6.45) is 31.1. The molecule has 2 aliphatic carbocycles. The molecule has 0 amide bonds. The zero-order valence-corrected chi connectivity index (χ0v) is 22.3. The van der Waals surface area contributed by atoms with Gasteiger partial charge in [-0.15, -0.1) is 0 Å². The number of hydrogen-bond donors (Lipinski definition) is 0. The monoisotopic (exact) mass is 450 g/mol. The first-order chi connectivity index (χ1) is 16.3. The first-order valence-electron chi connectivity index (χ1n) is 15.1. The van der Waals surface area contributed by atoms with Crippen LogP contribution >= 0.6 is 0 Å². The second-order valence-corrected chi connectivity index (χ2v) is 11.5. The van der Waals surface area contributed by atoms with E-state index >= 15 is 0 Å². The van der Waals surface area contributed by atoms with Gasteiger partial charge in [0.2, 0.25) is 0 Å². The van der Waals surface area contributed by atoms with Crippen LogP contribution < -0.4 is 0 Å². The SMILES string of the molecule is CCCCCCCCCC[C@H]1CC[C@H](c2ccc(C3=CCC(CCCCC)CC3)cc2)CC1. The van der Waals surface area contributed by atoms with Crippen molar-refractivity contribution >= 4 is 5.57 Å². The Labute approximate surface area is 207 Å². The summed E-state index contributed by atoms with van der Waals surface area (Å²) in [6, 6.07) is 9.80. The molecule has 3 rings (SSSR count). The molecule has 0 spiro atoms. The van der Waals surface area contributed by atoms with Gasteiger partial charge in [0.1, 0.15) is 0 Å². The number of hydrogen-bond acceptors (Lipinski definition) is 0. The zero-order valence-electron chi connectivity index (χ0n) is 22.3. The lowest BCUT2D eigenvalue weighted by molar-refractivity contribution is 0.301. The molecule has 1 fully saturated rings. The van der Waals surface area contributed by atoms with Gasteiger partial charge in [0.15, 0.2) is 0 Å². The molecule has 33 heavy (non-hydrogen) atoms. The Morgan fingerprint density at radius 1 is 0.606 bits per heavy atom. The van der Waals surface area contributed by atoms with E-state index in [1.807, 2.05) is 0 Å². The molecule has 0 heterocycles. The zero-order chi connectivity index (χ0) is 23.1. The molecule has 0 saturated heterocycles. The quantitative estimate of drug-likeness (QED) is 0.233. The van der Waals surface area contributed by atoms with Crippen molar-refractivity contribution in [1.82, 2.24) is 0 Å². The van der Waals surface area contributed by atoms with Crippen molar-refractivity contribution in [2.75, 3.05) is 0 Å². The van der Waals surface area contributed by atoms with Crippen LogP contribution in [-0.2, 0) is 0 Å². The molecule has 0 aromatic heterocycles. The minimum absolute atomic E-state index is 0.817. The summed E-state index contributed by atoms with van der Waals surface area (Å²) in [7, 11) is 0. The molecule has 0 nitrogen and oxygen atoms in total. The Bertz CT molecular complexity index is 643. The summed E-state index contributed by atoms with van der Waals surface area (Å²) in [4.78, 5) is 0. The van der Waals surface area contributed by atoms with Crippen LogP contribution in [0.5, 0.6) is 0 Å². The van der Waals surface area contributed by atoms with Crippen LogP contribution in [0.15, 0.2) is 30.3 Å². The van der Waals surface area contributed by atoms with Crippen LogP contribution in [0.25, 0.3) is 5.57 Å². The normalized spacial score (nSPS) is 23.5. The number of benzene rings is 1. The van der Waals surface area contributed by atoms with E-state index in [0.29, 0.717) is 0 Å². The highest BCUT2D eigenvalue weighted by molar-refractivity contribution is 5.66. The fraction of sp³-hybridized carbons (Fsp3) is 0.758. The molecule has 1 aromatic carbocycles. The van der Waals surface area contributed by atoms with Gasteiger partial charge in [-0.25, -0.2) is 0 Å². The first kappa shape index (κ1) is 26.6. The van der Waals surface area contributed by atoms with E-state index in [1.165, 1.54) is 134 Å². The third-order valence-electron chi connectivity index (χ3n) is 8.80. The largest absolute Gasteiger partial charge is 0.0804 e. The van der Waals surface area contributed by atoms with E-state index in [1.54, 1.807) is 11.1 Å². The Hall–Kier alpha value is -1.04. The van der Waals surface area contributed by atoms with Crippen molar-refractivity contribution in [3.8, 4) is 0 Å². The Balaban J connectivity index is 1.32. The van der Waals surface area contributed by atoms with Gasteiger partial charge in [0.25, 0.3) is 0 Å². The highest BCUT2D eigenvalue weighted by Crippen LogP contribution is 2.39. The van der Waals surface area contributed by atoms with Gasteiger partial charge >= 0.3 is 0 Å². The van der Waals surface area contributed by atoms with Gasteiger partial charge < -0.3 is 0 Å². The second kappa shape index (κ2) is 15.8. The van der Waals surface area contributed by atoms with Gasteiger partial charge in [-0.2, -0.15) is 0 Å². The summed E-state index contributed by atoms with van der Waals surface area (Å²) >= 11 is 0. The van der Waals surface area contributed by atoms with E-state index in [-0.39, 0.29) is 0 Å². The predicted octanol–water partition coefficient (Wildman–Crippen LogP) is 11.3. The smallest absolute Gasteiger partial charge is 0.0162 e. The van der Waals surface area contributed by atoms with Gasteiger partial charge in [-0.3, -0.25) is 0 Å². The third-order valence-corrected chi connectivity index (χ3v) is 8.80. The van der Waals surface area contributed by atoms with Crippen molar-refractivity contribution in [2.24, 2.45) is 11.8 Å². The maximum Gasteiger partial charge on any atom is -0.0162 e. The number of allylic oxidation sites excluding steroid dienone is 2. The van der Waals surface area contributed by atoms with E-state index in [2.05, 4.69) is 44.2 Å². The lowest BCUT2D eigenvalue weighted by Gasteiger charge is -2.29. The minimum Gasteiger partial charge on any atom is -0.0804 e. The maximum absolute atomic E-state index is 2.56. The van der Waals surface area contributed by atoms with E-state index in [4.69, 9.17) is 0 Å². The maximum atomic E-state index is 2.56. The van der Waals surface area contributed by atoms with Crippen molar-refractivity contribution in [1.29, 1.82) is 0 Å². The van der Waals surface area contributed by atoms with Crippen LogP contribution in [0.2, 0.25) is 0 Å². The summed E-state index contributed by atoms with van der Waals surface area (Å²) in [5.74, 6) is 2.77. The molecule has 0 aliphatic heterocycles. The predicted molar refractivity (Wildman–Crippen MR) is 148 cm³/mol. The molecule has 0 heteroatoms. The summed E-state index contributed by atoms with van der Waals surface area (Å²) < 4.78 is 0. The van der Waals surface area contributed by atoms with E-state index in [9.17, 15) is 0 Å². The van der Waals surface area contributed by atoms with Crippen LogP contribution in [0, 0.1) is 11.8 Å². The minimum atomic E-state index is 0.817. The second-order valence-electron chi connectivity index (χ2n) is 11.5. The molecule has 186 valence electrons. The lowest BCUT2D eigenvalue weighted by atomic mass is 9.76. The lowest BCUT2D eigenvalue weighted by Crippen LogP contribution is -2.13. The molecule has 2 aliphatic rings. The van der Waals surface area contributed by atoms with Crippen molar-refractivity contribution in [2.45, 2.75) is 148 Å². The molecular weight excluding hydrogens is 396 g/mol. The van der Waals surface area contributed by atoms with Crippen LogP contribution in [0.3, 0.4) is 0 Å². The molecule has 1 saturated carbocycles. The average Bonchev–Trinajstić information content (AvgIpc) is 2.87. The van der Waals surface area contributed by atoms with Gasteiger partial charge in [-0.1, -0.05) is 128 Å². The molecule has 0 bridgehead atoms. The fourth-order valence-electron chi connectivity index (χ4n) is 6.42. The van der Waals surface area contributed by atoms with Gasteiger partial charge in [-0.05, 0) is 79.4 Å². The molecule has 1 unspecified atom stereocenters. The standard InChI is InChI=1S/C33H54/c1-3-5-7-8-9-10-11-13-15-29-18-22-31(23-19-29)33-26-24-32(25-27-33)30-20-16-28(17-21-30)14-12-6-4-2/h20,24-29,31H,3-19,21-23H2,1-2H3/t28?,29-,31-. The van der Waals surface area contributed by atoms with E-state index < -0.39 is 0 Å². The molecule has 0 N–H and O–H groups in total. The van der Waals surface area contributed by atoms with Crippen LogP contribution in [0.4, 0.5) is 0 Å². The third kappa shape index (κ3) is 9.62. The van der Waals surface area contributed by atoms with Crippen molar-refractivity contribution in [3.05, 3.63) is 41.5 Å². The molecule has 0 radical (unpaired) electrons. The highest BCUT2D eigenvalue weighted by atomic mass is 14.3. The highest BCUT2D eigenvalue weighted by Gasteiger charge is 2.22. The van der Waals surface area contributed by atoms with Gasteiger partial charge in [0.05, 0.1) is 0 Å². The first-order valence-corrected chi connectivity index (χ1v) is 15.1. The summed E-state index contributed by atoms with van der Waals surface area (Å²) in [5, 5.41) is 0. The van der Waals surface area contributed by atoms with Crippen molar-refractivity contribution in [3.63, 3.8) is 0 Å². The molecule has 1 atom stereocenters. The van der Waals surface area contributed by atoms with E-state index in [0.717, 1.165) is 17.8 Å². The number of rotatable bonds is 15. The fourth-order valence-corrected chi connectivity index (χ4v) is 6.42. The molecular formula is C33H54. The summed E-state index contributed by atoms with van der Waals surface area (Å²) in [6.45, 7) is 4.62. The van der Waals surface area contributed by atoms with Crippen molar-refractivity contribution < 1.29 is 0 Å². The number of unbranched alkanes of at least 4 members (excludes halogenated alkanes) is 9. The average molecular weight is 451 g/mol. The Kier molecular flexibility index (Phi) is 12.7. The van der Waals surface area contributed by atoms with Crippen LogP contribution in [-0.4, -0.2) is 0 Å². The topological polar surface area (TPSA) is 0 Å².